The molecule has 1 aromatic carbocycles. The van der Waals surface area contributed by atoms with Crippen LogP contribution in [0.3, 0.4) is 0 Å². The van der Waals surface area contributed by atoms with Gasteiger partial charge in [0.25, 0.3) is 5.91 Å². The molecule has 3 aromatic rings. The summed E-state index contributed by atoms with van der Waals surface area (Å²) in [6, 6.07) is 7.48. The molecule has 12 heteroatoms. The van der Waals surface area contributed by atoms with Crippen LogP contribution in [0.1, 0.15) is 21.6 Å². The SMILES string of the molecule is CN(CCn1cc2c(n1)CCc1c-2sc(NC(N)=O)c1C(N)=O)S(=O)(=O)c1ccccc1. The molecule has 5 N–H and O–H groups in total. The van der Waals surface area contributed by atoms with E-state index in [9.17, 15) is 18.0 Å². The van der Waals surface area contributed by atoms with Crippen LogP contribution in [-0.4, -0.2) is 48.0 Å². The van der Waals surface area contributed by atoms with Gasteiger partial charge in [-0.2, -0.15) is 9.40 Å². The molecule has 168 valence electrons. The third-order valence-electron chi connectivity index (χ3n) is 5.28. The lowest BCUT2D eigenvalue weighted by molar-refractivity contribution is 0.100. The number of sulfonamides is 1. The van der Waals surface area contributed by atoms with Gasteiger partial charge in [0, 0.05) is 30.2 Å². The van der Waals surface area contributed by atoms with Crippen LogP contribution in [0.2, 0.25) is 0 Å². The fraction of sp³-hybridized carbons (Fsp3) is 0.250. The Balaban J connectivity index is 1.57. The number of urea groups is 1. The van der Waals surface area contributed by atoms with Crippen LogP contribution in [0.15, 0.2) is 41.4 Å². The average Bonchev–Trinajstić information content (AvgIpc) is 3.32. The molecule has 4 rings (SSSR count). The molecule has 0 radical (unpaired) electrons. The zero-order valence-electron chi connectivity index (χ0n) is 17.2. The second-order valence-electron chi connectivity index (χ2n) is 7.36. The molecule has 3 amide bonds. The van der Waals surface area contributed by atoms with Gasteiger partial charge in [-0.25, -0.2) is 13.2 Å². The summed E-state index contributed by atoms with van der Waals surface area (Å²) in [4.78, 5) is 24.4. The summed E-state index contributed by atoms with van der Waals surface area (Å²) < 4.78 is 28.4. The molecule has 32 heavy (non-hydrogen) atoms. The highest BCUT2D eigenvalue weighted by molar-refractivity contribution is 7.89. The Morgan fingerprint density at radius 3 is 2.59 bits per heavy atom. The first kappa shape index (κ1) is 22.0. The van der Waals surface area contributed by atoms with Crippen molar-refractivity contribution in [2.75, 3.05) is 18.9 Å². The number of nitrogens with zero attached hydrogens (tertiary/aromatic N) is 3. The molecular formula is C20H22N6O4S2. The van der Waals surface area contributed by atoms with Gasteiger partial charge in [0.05, 0.1) is 22.7 Å². The minimum atomic E-state index is -3.59. The van der Waals surface area contributed by atoms with E-state index in [1.807, 2.05) is 6.20 Å². The first-order valence-electron chi connectivity index (χ1n) is 9.78. The second-order valence-corrected chi connectivity index (χ2v) is 10.4. The Labute approximate surface area is 188 Å². The molecule has 2 heterocycles. The number of hydrogen-bond acceptors (Lipinski definition) is 6. The van der Waals surface area contributed by atoms with E-state index in [0.717, 1.165) is 21.7 Å². The molecule has 0 fully saturated rings. The molecule has 0 aliphatic heterocycles. The fourth-order valence-electron chi connectivity index (χ4n) is 3.71. The molecule has 1 aliphatic rings. The van der Waals surface area contributed by atoms with Crippen molar-refractivity contribution < 1.29 is 18.0 Å². The number of aromatic nitrogens is 2. The van der Waals surface area contributed by atoms with E-state index in [-0.39, 0.29) is 17.0 Å². The third kappa shape index (κ3) is 3.99. The van der Waals surface area contributed by atoms with Crippen molar-refractivity contribution in [2.45, 2.75) is 24.3 Å². The molecule has 10 nitrogen and oxygen atoms in total. The van der Waals surface area contributed by atoms with E-state index in [0.29, 0.717) is 24.4 Å². The summed E-state index contributed by atoms with van der Waals surface area (Å²) >= 11 is 1.23. The Kier molecular flexibility index (Phi) is 5.75. The van der Waals surface area contributed by atoms with Crippen LogP contribution >= 0.6 is 11.3 Å². The smallest absolute Gasteiger partial charge is 0.317 e. The molecule has 0 spiro atoms. The van der Waals surface area contributed by atoms with E-state index in [1.165, 1.54) is 22.7 Å². The van der Waals surface area contributed by atoms with Crippen molar-refractivity contribution in [3.8, 4) is 10.4 Å². The summed E-state index contributed by atoms with van der Waals surface area (Å²) in [5.41, 5.74) is 13.5. The average molecular weight is 475 g/mol. The maximum Gasteiger partial charge on any atom is 0.317 e. The first-order chi connectivity index (χ1) is 15.2. The number of nitrogens with one attached hydrogen (secondary N) is 1. The van der Waals surface area contributed by atoms with Crippen molar-refractivity contribution in [1.82, 2.24) is 14.1 Å². The summed E-state index contributed by atoms with van der Waals surface area (Å²) in [5, 5.41) is 7.40. The number of thiophene rings is 1. The zero-order chi connectivity index (χ0) is 23.0. The fourth-order valence-corrected chi connectivity index (χ4v) is 6.18. The Bertz CT molecular complexity index is 1300. The molecule has 1 aliphatic carbocycles. The number of primary amides is 2. The largest absolute Gasteiger partial charge is 0.365 e. The molecular weight excluding hydrogens is 452 g/mol. The van der Waals surface area contributed by atoms with Gasteiger partial charge in [-0.3, -0.25) is 14.8 Å². The van der Waals surface area contributed by atoms with E-state index < -0.39 is 22.0 Å². The number of fused-ring (bicyclic) bond motifs is 3. The molecule has 0 saturated heterocycles. The quantitative estimate of drug-likeness (QED) is 0.475. The highest BCUT2D eigenvalue weighted by Gasteiger charge is 2.29. The molecule has 0 bridgehead atoms. The lowest BCUT2D eigenvalue weighted by Crippen LogP contribution is -2.30. The number of rotatable bonds is 7. The summed E-state index contributed by atoms with van der Waals surface area (Å²) in [7, 11) is -2.06. The second kappa shape index (κ2) is 8.37. The number of likely N-dealkylation sites (N-methyl/N-ethyl adjacent to an activating group) is 1. The maximum atomic E-state index is 12.7. The molecule has 0 saturated carbocycles. The number of anilines is 1. The number of aryl methyl sites for hydroxylation is 1. The summed E-state index contributed by atoms with van der Waals surface area (Å²) in [6.07, 6.45) is 2.98. The van der Waals surface area contributed by atoms with Crippen LogP contribution in [0, 0.1) is 0 Å². The van der Waals surface area contributed by atoms with Crippen molar-refractivity contribution >= 4 is 38.3 Å². The van der Waals surface area contributed by atoms with Gasteiger partial charge >= 0.3 is 6.03 Å². The summed E-state index contributed by atoms with van der Waals surface area (Å²) in [5.74, 6) is -0.630. The third-order valence-corrected chi connectivity index (χ3v) is 8.33. The van der Waals surface area contributed by atoms with E-state index >= 15 is 0 Å². The van der Waals surface area contributed by atoms with Crippen molar-refractivity contribution in [2.24, 2.45) is 11.5 Å². The number of hydrogen-bond donors (Lipinski definition) is 3. The highest BCUT2D eigenvalue weighted by atomic mass is 32.2. The molecule has 0 atom stereocenters. The number of amides is 3. The number of carbonyl (C=O) groups excluding carboxylic acids is 2. The minimum Gasteiger partial charge on any atom is -0.365 e. The first-order valence-corrected chi connectivity index (χ1v) is 12.0. The van der Waals surface area contributed by atoms with Gasteiger partial charge in [0.15, 0.2) is 0 Å². The van der Waals surface area contributed by atoms with Gasteiger partial charge in [0.2, 0.25) is 10.0 Å². The van der Waals surface area contributed by atoms with Crippen LogP contribution in [0.25, 0.3) is 10.4 Å². The lowest BCUT2D eigenvalue weighted by Gasteiger charge is -2.17. The van der Waals surface area contributed by atoms with Gasteiger partial charge in [-0.1, -0.05) is 18.2 Å². The Hall–Kier alpha value is -3.22. The molecule has 2 aromatic heterocycles. The van der Waals surface area contributed by atoms with Crippen LogP contribution in [-0.2, 0) is 29.4 Å². The van der Waals surface area contributed by atoms with Crippen LogP contribution < -0.4 is 16.8 Å². The minimum absolute atomic E-state index is 0.232. The Morgan fingerprint density at radius 2 is 1.94 bits per heavy atom. The van der Waals surface area contributed by atoms with Crippen molar-refractivity contribution in [3.63, 3.8) is 0 Å². The topological polar surface area (TPSA) is 153 Å². The van der Waals surface area contributed by atoms with Gasteiger partial charge in [-0.05, 0) is 30.5 Å². The number of benzene rings is 1. The van der Waals surface area contributed by atoms with E-state index in [1.54, 1.807) is 35.0 Å². The monoisotopic (exact) mass is 474 g/mol. The highest BCUT2D eigenvalue weighted by Crippen LogP contribution is 2.44. The number of carbonyl (C=O) groups is 2. The lowest BCUT2D eigenvalue weighted by atomic mass is 9.94. The van der Waals surface area contributed by atoms with E-state index in [4.69, 9.17) is 11.5 Å². The standard InChI is InChI=1S/C20H22N6O4S2/c1-25(32(29,30)12-5-3-2-4-6-12)9-10-26-11-14-15(24-26)8-7-13-16(18(21)27)19(23-20(22)28)31-17(13)14/h2-6,11H,7-10H2,1H3,(H2,21,27)(H3,22,23,28). The number of nitrogens with two attached hydrogens (primary N) is 2. The predicted octanol–water partition coefficient (Wildman–Crippen LogP) is 1.62. The zero-order valence-corrected chi connectivity index (χ0v) is 18.9. The van der Waals surface area contributed by atoms with Crippen LogP contribution in [0.4, 0.5) is 9.80 Å². The predicted molar refractivity (Wildman–Crippen MR) is 121 cm³/mol. The Morgan fingerprint density at radius 1 is 1.22 bits per heavy atom. The van der Waals surface area contributed by atoms with Gasteiger partial charge in [0.1, 0.15) is 5.00 Å². The molecule has 0 unspecified atom stereocenters. The van der Waals surface area contributed by atoms with E-state index in [2.05, 4.69) is 10.4 Å². The van der Waals surface area contributed by atoms with Crippen LogP contribution in [0.5, 0.6) is 0 Å². The van der Waals surface area contributed by atoms with Gasteiger partial charge in [-0.15, -0.1) is 11.3 Å². The van der Waals surface area contributed by atoms with Crippen molar-refractivity contribution in [3.05, 3.63) is 53.3 Å². The maximum absolute atomic E-state index is 12.7. The normalized spacial score (nSPS) is 12.9. The van der Waals surface area contributed by atoms with Gasteiger partial charge < -0.3 is 11.5 Å². The van der Waals surface area contributed by atoms with Crippen molar-refractivity contribution in [1.29, 1.82) is 0 Å². The summed E-state index contributed by atoms with van der Waals surface area (Å²) in [6.45, 7) is 0.585.